The van der Waals surface area contributed by atoms with Gasteiger partial charge in [0, 0.05) is 44.3 Å². The molecule has 2 heterocycles. The molecule has 1 aromatic carbocycles. The quantitative estimate of drug-likeness (QED) is 0.766. The molecule has 0 bridgehead atoms. The van der Waals surface area contributed by atoms with Crippen molar-refractivity contribution < 1.29 is 15.0 Å². The summed E-state index contributed by atoms with van der Waals surface area (Å²) in [5.74, 6) is 0.329. The van der Waals surface area contributed by atoms with E-state index in [1.807, 2.05) is 30.0 Å². The Bertz CT molecular complexity index is 764. The molecule has 142 valence electrons. The largest absolute Gasteiger partial charge is 0.396 e. The summed E-state index contributed by atoms with van der Waals surface area (Å²) >= 11 is 1.60. The van der Waals surface area contributed by atoms with Crippen molar-refractivity contribution in [3.05, 3.63) is 28.8 Å². The Balaban J connectivity index is 1.72. The molecule has 0 aliphatic carbocycles. The molecule has 1 saturated heterocycles. The minimum Gasteiger partial charge on any atom is -0.396 e. The second-order valence-corrected chi connectivity index (χ2v) is 8.18. The Morgan fingerprint density at radius 1 is 1.35 bits per heavy atom. The second-order valence-electron chi connectivity index (χ2n) is 6.95. The molecule has 7 heteroatoms. The van der Waals surface area contributed by atoms with E-state index in [2.05, 4.69) is 16.8 Å². The van der Waals surface area contributed by atoms with Crippen LogP contribution in [0.3, 0.4) is 0 Å². The van der Waals surface area contributed by atoms with Gasteiger partial charge in [-0.15, -0.1) is 11.3 Å². The number of thiazole rings is 1. The number of aryl methyl sites for hydroxylation is 1. The number of carbonyl (C=O) groups excluding carboxylic acids is 1. The van der Waals surface area contributed by atoms with Crippen LogP contribution in [0, 0.1) is 18.8 Å². The van der Waals surface area contributed by atoms with Gasteiger partial charge in [-0.05, 0) is 37.6 Å². The Morgan fingerprint density at radius 2 is 2.12 bits per heavy atom. The minimum absolute atomic E-state index is 0.0177. The number of amides is 1. The molecule has 26 heavy (non-hydrogen) atoms. The number of hydrogen-bond acceptors (Lipinski definition) is 6. The van der Waals surface area contributed by atoms with Gasteiger partial charge in [-0.2, -0.15) is 0 Å². The molecule has 1 aliphatic heterocycles. The molecular weight excluding hydrogens is 350 g/mol. The van der Waals surface area contributed by atoms with Crippen LogP contribution in [0.4, 0.5) is 0 Å². The fourth-order valence-corrected chi connectivity index (χ4v) is 4.59. The van der Waals surface area contributed by atoms with Crippen molar-refractivity contribution in [2.75, 3.05) is 45.9 Å². The van der Waals surface area contributed by atoms with E-state index in [4.69, 9.17) is 0 Å². The lowest BCUT2D eigenvalue weighted by molar-refractivity contribution is 0.0778. The monoisotopic (exact) mass is 377 g/mol. The summed E-state index contributed by atoms with van der Waals surface area (Å²) in [4.78, 5) is 21.4. The topological polar surface area (TPSA) is 76.9 Å². The number of rotatable bonds is 7. The van der Waals surface area contributed by atoms with Gasteiger partial charge in [0.05, 0.1) is 21.8 Å². The van der Waals surface area contributed by atoms with Gasteiger partial charge in [0.2, 0.25) is 0 Å². The van der Waals surface area contributed by atoms with E-state index in [1.54, 1.807) is 11.3 Å². The number of benzene rings is 1. The van der Waals surface area contributed by atoms with E-state index in [1.165, 1.54) is 0 Å². The first-order chi connectivity index (χ1) is 12.5. The van der Waals surface area contributed by atoms with E-state index in [0.29, 0.717) is 25.2 Å². The van der Waals surface area contributed by atoms with E-state index in [0.717, 1.165) is 28.3 Å². The zero-order valence-electron chi connectivity index (χ0n) is 15.4. The normalized spacial score (nSPS) is 20.4. The van der Waals surface area contributed by atoms with Crippen LogP contribution in [0.2, 0.25) is 0 Å². The summed E-state index contributed by atoms with van der Waals surface area (Å²) in [6, 6.07) is 5.67. The Morgan fingerprint density at radius 3 is 2.81 bits per heavy atom. The Kier molecular flexibility index (Phi) is 6.24. The Hall–Kier alpha value is -1.54. The first-order valence-electron chi connectivity index (χ1n) is 9.16. The number of hydrogen-bond donors (Lipinski definition) is 2. The van der Waals surface area contributed by atoms with Crippen LogP contribution in [-0.2, 0) is 0 Å². The molecule has 2 atom stereocenters. The first kappa shape index (κ1) is 19.2. The van der Waals surface area contributed by atoms with Crippen LogP contribution in [0.15, 0.2) is 18.2 Å². The van der Waals surface area contributed by atoms with Gasteiger partial charge in [-0.3, -0.25) is 4.79 Å². The zero-order valence-corrected chi connectivity index (χ0v) is 16.2. The molecular formula is C19H27N3O3S. The van der Waals surface area contributed by atoms with Crippen LogP contribution in [-0.4, -0.2) is 76.8 Å². The second kappa shape index (κ2) is 8.43. The fourth-order valence-electron chi connectivity index (χ4n) is 3.73. The third-order valence-electron chi connectivity index (χ3n) is 5.20. The average molecular weight is 378 g/mol. The highest BCUT2D eigenvalue weighted by Gasteiger charge is 2.35. The maximum atomic E-state index is 13.0. The zero-order chi connectivity index (χ0) is 18.7. The molecule has 3 rings (SSSR count). The van der Waals surface area contributed by atoms with Crippen LogP contribution in [0.25, 0.3) is 10.2 Å². The molecule has 1 fully saturated rings. The van der Waals surface area contributed by atoms with Crippen molar-refractivity contribution in [2.45, 2.75) is 13.8 Å². The number of aliphatic hydroxyl groups is 2. The fraction of sp³-hybridized carbons (Fsp3) is 0.579. The van der Waals surface area contributed by atoms with Crippen molar-refractivity contribution in [3.8, 4) is 0 Å². The van der Waals surface area contributed by atoms with Gasteiger partial charge in [0.25, 0.3) is 5.91 Å². The molecule has 0 spiro atoms. The van der Waals surface area contributed by atoms with Gasteiger partial charge in [-0.1, -0.05) is 6.92 Å². The standard InChI is InChI=1S/C19H27N3O3S/c1-3-21(6-7-23)9-15-10-22(11-16(15)12-24)19(25)14-4-5-17-18(8-14)26-13(2)20-17/h4-5,8,15-16,23-24H,3,6-7,9-12H2,1-2H3/t15-,16-/m1/s1. The summed E-state index contributed by atoms with van der Waals surface area (Å²) < 4.78 is 1.03. The summed E-state index contributed by atoms with van der Waals surface area (Å²) in [7, 11) is 0. The molecule has 2 N–H and O–H groups in total. The predicted molar refractivity (Wildman–Crippen MR) is 104 cm³/mol. The number of nitrogens with zero attached hydrogens (tertiary/aromatic N) is 3. The van der Waals surface area contributed by atoms with Crippen LogP contribution in [0.5, 0.6) is 0 Å². The highest BCUT2D eigenvalue weighted by molar-refractivity contribution is 7.18. The van der Waals surface area contributed by atoms with Crippen molar-refractivity contribution in [1.82, 2.24) is 14.8 Å². The maximum absolute atomic E-state index is 13.0. The van der Waals surface area contributed by atoms with E-state index in [9.17, 15) is 15.0 Å². The average Bonchev–Trinajstić information content (AvgIpc) is 3.21. The number of aliphatic hydroxyl groups excluding tert-OH is 2. The van der Waals surface area contributed by atoms with Gasteiger partial charge < -0.3 is 20.0 Å². The van der Waals surface area contributed by atoms with Crippen molar-refractivity contribution in [2.24, 2.45) is 11.8 Å². The molecule has 0 unspecified atom stereocenters. The third-order valence-corrected chi connectivity index (χ3v) is 6.13. The molecule has 0 saturated carbocycles. The van der Waals surface area contributed by atoms with E-state index >= 15 is 0 Å². The molecule has 6 nitrogen and oxygen atoms in total. The lowest BCUT2D eigenvalue weighted by Crippen LogP contribution is -2.36. The van der Waals surface area contributed by atoms with Crippen molar-refractivity contribution in [1.29, 1.82) is 0 Å². The molecule has 1 amide bonds. The Labute approximate surface area is 158 Å². The van der Waals surface area contributed by atoms with Crippen molar-refractivity contribution >= 4 is 27.5 Å². The first-order valence-corrected chi connectivity index (χ1v) is 9.97. The predicted octanol–water partition coefficient (Wildman–Crippen LogP) is 1.60. The highest BCUT2D eigenvalue weighted by Crippen LogP contribution is 2.28. The number of likely N-dealkylation sites (N-methyl/N-ethyl adjacent to an activating group) is 1. The van der Waals surface area contributed by atoms with Crippen LogP contribution in [0.1, 0.15) is 22.3 Å². The van der Waals surface area contributed by atoms with Crippen LogP contribution < -0.4 is 0 Å². The number of fused-ring (bicyclic) bond motifs is 1. The third kappa shape index (κ3) is 4.06. The highest BCUT2D eigenvalue weighted by atomic mass is 32.1. The number of likely N-dealkylation sites (tertiary alicyclic amines) is 1. The number of carbonyl (C=O) groups is 1. The van der Waals surface area contributed by atoms with Gasteiger partial charge >= 0.3 is 0 Å². The van der Waals surface area contributed by atoms with Crippen molar-refractivity contribution in [3.63, 3.8) is 0 Å². The van der Waals surface area contributed by atoms with E-state index in [-0.39, 0.29) is 31.0 Å². The summed E-state index contributed by atoms with van der Waals surface area (Å²) in [5.41, 5.74) is 1.61. The summed E-state index contributed by atoms with van der Waals surface area (Å²) in [5, 5.41) is 19.9. The van der Waals surface area contributed by atoms with Gasteiger partial charge in [0.15, 0.2) is 0 Å². The molecule has 1 aliphatic rings. The lowest BCUT2D eigenvalue weighted by atomic mass is 9.96. The maximum Gasteiger partial charge on any atom is 0.253 e. The number of aromatic nitrogens is 1. The minimum atomic E-state index is 0.0177. The lowest BCUT2D eigenvalue weighted by Gasteiger charge is -2.25. The molecule has 2 aromatic rings. The van der Waals surface area contributed by atoms with Crippen LogP contribution >= 0.6 is 11.3 Å². The SMILES string of the molecule is CCN(CCO)C[C@@H]1CN(C(=O)c2ccc3nc(C)sc3c2)C[C@@H]1CO. The molecule has 1 aromatic heterocycles. The summed E-state index contributed by atoms with van der Waals surface area (Å²) in [6.45, 7) is 7.73. The smallest absolute Gasteiger partial charge is 0.253 e. The molecule has 0 radical (unpaired) electrons. The van der Waals surface area contributed by atoms with E-state index < -0.39 is 0 Å². The van der Waals surface area contributed by atoms with Gasteiger partial charge in [0.1, 0.15) is 0 Å². The summed E-state index contributed by atoms with van der Waals surface area (Å²) in [6.07, 6.45) is 0. The van der Waals surface area contributed by atoms with Gasteiger partial charge in [-0.25, -0.2) is 4.98 Å².